The SMILES string of the molecule is CCCC(CS)CN(C)CC1CC1. The Morgan fingerprint density at radius 1 is 1.46 bits per heavy atom. The van der Waals surface area contributed by atoms with Gasteiger partial charge in [-0.05, 0) is 43.9 Å². The molecule has 13 heavy (non-hydrogen) atoms. The van der Waals surface area contributed by atoms with E-state index in [1.807, 2.05) is 0 Å². The smallest absolute Gasteiger partial charge is 0.00145 e. The molecule has 0 saturated heterocycles. The first-order valence-electron chi connectivity index (χ1n) is 5.55. The summed E-state index contributed by atoms with van der Waals surface area (Å²) in [5.74, 6) is 2.87. The summed E-state index contributed by atoms with van der Waals surface area (Å²) in [4.78, 5) is 2.49. The van der Waals surface area contributed by atoms with Gasteiger partial charge in [0, 0.05) is 13.1 Å². The van der Waals surface area contributed by atoms with E-state index in [9.17, 15) is 0 Å². The third-order valence-corrected chi connectivity index (χ3v) is 3.31. The van der Waals surface area contributed by atoms with Crippen LogP contribution in [0.25, 0.3) is 0 Å². The van der Waals surface area contributed by atoms with Gasteiger partial charge in [0.25, 0.3) is 0 Å². The van der Waals surface area contributed by atoms with Crippen molar-refractivity contribution in [1.29, 1.82) is 0 Å². The molecule has 1 atom stereocenters. The van der Waals surface area contributed by atoms with Crippen molar-refractivity contribution in [2.24, 2.45) is 11.8 Å². The molecule has 0 radical (unpaired) electrons. The van der Waals surface area contributed by atoms with Crippen molar-refractivity contribution in [2.75, 3.05) is 25.9 Å². The fourth-order valence-electron chi connectivity index (χ4n) is 1.91. The van der Waals surface area contributed by atoms with E-state index in [-0.39, 0.29) is 0 Å². The van der Waals surface area contributed by atoms with Crippen LogP contribution in [0.1, 0.15) is 32.6 Å². The highest BCUT2D eigenvalue weighted by molar-refractivity contribution is 7.80. The van der Waals surface area contributed by atoms with Crippen LogP contribution in [0.4, 0.5) is 0 Å². The number of thiol groups is 1. The molecule has 1 nitrogen and oxygen atoms in total. The van der Waals surface area contributed by atoms with Gasteiger partial charge < -0.3 is 4.90 Å². The molecule has 0 aromatic carbocycles. The Morgan fingerprint density at radius 3 is 2.62 bits per heavy atom. The lowest BCUT2D eigenvalue weighted by Crippen LogP contribution is -2.28. The highest BCUT2D eigenvalue weighted by Gasteiger charge is 2.23. The average molecular weight is 201 g/mol. The Kier molecular flexibility index (Phi) is 5.18. The zero-order valence-electron chi connectivity index (χ0n) is 9.00. The van der Waals surface area contributed by atoms with Gasteiger partial charge in [0.15, 0.2) is 0 Å². The van der Waals surface area contributed by atoms with Gasteiger partial charge in [-0.3, -0.25) is 0 Å². The number of rotatable bonds is 7. The van der Waals surface area contributed by atoms with Crippen molar-refractivity contribution in [3.05, 3.63) is 0 Å². The van der Waals surface area contributed by atoms with Crippen LogP contribution < -0.4 is 0 Å². The molecular formula is C11H23NS. The zero-order chi connectivity index (χ0) is 9.68. The first-order chi connectivity index (χ1) is 6.26. The molecule has 0 heterocycles. The van der Waals surface area contributed by atoms with Gasteiger partial charge in [-0.15, -0.1) is 0 Å². The van der Waals surface area contributed by atoms with Crippen LogP contribution in [0.3, 0.4) is 0 Å². The monoisotopic (exact) mass is 201 g/mol. The first-order valence-corrected chi connectivity index (χ1v) is 6.18. The molecule has 0 aromatic rings. The standard InChI is InChI=1S/C11H23NS/c1-3-4-11(9-13)8-12(2)7-10-5-6-10/h10-11,13H,3-9H2,1-2H3. The fraction of sp³-hybridized carbons (Fsp3) is 1.00. The van der Waals surface area contributed by atoms with E-state index >= 15 is 0 Å². The molecule has 1 saturated carbocycles. The Labute approximate surface area is 88.3 Å². The second-order valence-electron chi connectivity index (χ2n) is 4.50. The topological polar surface area (TPSA) is 3.24 Å². The van der Waals surface area contributed by atoms with Crippen LogP contribution in [0.2, 0.25) is 0 Å². The molecule has 1 fully saturated rings. The van der Waals surface area contributed by atoms with Crippen molar-refractivity contribution < 1.29 is 0 Å². The summed E-state index contributed by atoms with van der Waals surface area (Å²) in [7, 11) is 2.25. The maximum absolute atomic E-state index is 4.40. The van der Waals surface area contributed by atoms with Gasteiger partial charge in [-0.25, -0.2) is 0 Å². The Balaban J connectivity index is 2.10. The minimum atomic E-state index is 0.803. The summed E-state index contributed by atoms with van der Waals surface area (Å²) >= 11 is 4.40. The summed E-state index contributed by atoms with van der Waals surface area (Å²) in [6, 6.07) is 0. The molecule has 0 aromatic heterocycles. The van der Waals surface area contributed by atoms with Gasteiger partial charge in [-0.2, -0.15) is 12.6 Å². The van der Waals surface area contributed by atoms with Crippen LogP contribution in [-0.4, -0.2) is 30.8 Å². The minimum Gasteiger partial charge on any atom is -0.306 e. The van der Waals surface area contributed by atoms with Crippen LogP contribution in [-0.2, 0) is 0 Å². The van der Waals surface area contributed by atoms with E-state index in [0.717, 1.165) is 17.6 Å². The van der Waals surface area contributed by atoms with E-state index in [1.165, 1.54) is 38.8 Å². The second-order valence-corrected chi connectivity index (χ2v) is 4.87. The van der Waals surface area contributed by atoms with Gasteiger partial charge in [0.1, 0.15) is 0 Å². The molecule has 1 unspecified atom stereocenters. The predicted molar refractivity (Wildman–Crippen MR) is 62.5 cm³/mol. The average Bonchev–Trinajstić information content (AvgIpc) is 2.87. The van der Waals surface area contributed by atoms with Crippen LogP contribution in [0.15, 0.2) is 0 Å². The van der Waals surface area contributed by atoms with Crippen LogP contribution in [0.5, 0.6) is 0 Å². The third-order valence-electron chi connectivity index (χ3n) is 2.79. The summed E-state index contributed by atoms with van der Waals surface area (Å²) in [6.07, 6.45) is 5.55. The van der Waals surface area contributed by atoms with Crippen molar-refractivity contribution in [3.8, 4) is 0 Å². The lowest BCUT2D eigenvalue weighted by Gasteiger charge is -2.22. The molecule has 0 aliphatic heterocycles. The lowest BCUT2D eigenvalue weighted by molar-refractivity contribution is 0.270. The van der Waals surface area contributed by atoms with E-state index < -0.39 is 0 Å². The largest absolute Gasteiger partial charge is 0.306 e. The molecule has 0 bridgehead atoms. The molecule has 0 spiro atoms. The Morgan fingerprint density at radius 2 is 2.15 bits per heavy atom. The third kappa shape index (κ3) is 4.92. The second kappa shape index (κ2) is 5.92. The summed E-state index contributed by atoms with van der Waals surface area (Å²) < 4.78 is 0. The van der Waals surface area contributed by atoms with Crippen molar-refractivity contribution in [3.63, 3.8) is 0 Å². The highest BCUT2D eigenvalue weighted by Crippen LogP contribution is 2.29. The summed E-state index contributed by atoms with van der Waals surface area (Å²) in [5, 5.41) is 0. The molecule has 0 amide bonds. The molecule has 1 aliphatic carbocycles. The minimum absolute atomic E-state index is 0.803. The van der Waals surface area contributed by atoms with E-state index in [1.54, 1.807) is 0 Å². The normalized spacial score (nSPS) is 19.4. The lowest BCUT2D eigenvalue weighted by atomic mass is 10.1. The molecular weight excluding hydrogens is 178 g/mol. The molecule has 0 N–H and O–H groups in total. The Bertz CT molecular complexity index is 134. The van der Waals surface area contributed by atoms with Gasteiger partial charge in [0.05, 0.1) is 0 Å². The number of hydrogen-bond donors (Lipinski definition) is 1. The molecule has 78 valence electrons. The van der Waals surface area contributed by atoms with E-state index in [4.69, 9.17) is 0 Å². The van der Waals surface area contributed by atoms with E-state index in [2.05, 4.69) is 31.5 Å². The van der Waals surface area contributed by atoms with Gasteiger partial charge in [0.2, 0.25) is 0 Å². The zero-order valence-corrected chi connectivity index (χ0v) is 9.89. The Hall–Kier alpha value is 0.310. The molecule has 1 rings (SSSR count). The van der Waals surface area contributed by atoms with Crippen LogP contribution >= 0.6 is 12.6 Å². The van der Waals surface area contributed by atoms with Crippen LogP contribution in [0, 0.1) is 11.8 Å². The van der Waals surface area contributed by atoms with Crippen molar-refractivity contribution in [2.45, 2.75) is 32.6 Å². The molecule has 2 heteroatoms. The summed E-state index contributed by atoms with van der Waals surface area (Å²) in [6.45, 7) is 4.82. The summed E-state index contributed by atoms with van der Waals surface area (Å²) in [5.41, 5.74) is 0. The predicted octanol–water partition coefficient (Wildman–Crippen LogP) is 2.67. The number of nitrogens with zero attached hydrogens (tertiary/aromatic N) is 1. The van der Waals surface area contributed by atoms with E-state index in [0.29, 0.717) is 0 Å². The van der Waals surface area contributed by atoms with Crippen molar-refractivity contribution >= 4 is 12.6 Å². The fourth-order valence-corrected chi connectivity index (χ4v) is 2.20. The quantitative estimate of drug-likeness (QED) is 0.620. The van der Waals surface area contributed by atoms with Gasteiger partial charge in [-0.1, -0.05) is 13.3 Å². The first kappa shape index (κ1) is 11.4. The molecule has 1 aliphatic rings. The maximum atomic E-state index is 4.40. The maximum Gasteiger partial charge on any atom is 0.00145 e. The highest BCUT2D eigenvalue weighted by atomic mass is 32.1. The van der Waals surface area contributed by atoms with Gasteiger partial charge >= 0.3 is 0 Å². The van der Waals surface area contributed by atoms with Crippen molar-refractivity contribution in [1.82, 2.24) is 4.90 Å². The number of hydrogen-bond acceptors (Lipinski definition) is 2.